The van der Waals surface area contributed by atoms with Gasteiger partial charge in [0.2, 0.25) is 0 Å². The van der Waals surface area contributed by atoms with Crippen molar-refractivity contribution in [3.63, 3.8) is 0 Å². The maximum atomic E-state index is 12.1. The molecule has 4 rings (SSSR count). The predicted molar refractivity (Wildman–Crippen MR) is 96.8 cm³/mol. The zero-order valence-electron chi connectivity index (χ0n) is 13.7. The number of benzene rings is 1. The van der Waals surface area contributed by atoms with Gasteiger partial charge in [0.1, 0.15) is 5.69 Å². The molecule has 0 atom stereocenters. The summed E-state index contributed by atoms with van der Waals surface area (Å²) in [5.41, 5.74) is 3.03. The molecule has 128 valence electrons. The maximum absolute atomic E-state index is 12.1. The largest absolute Gasteiger partial charge is 0.332 e. The van der Waals surface area contributed by atoms with Crippen LogP contribution >= 0.6 is 0 Å². The number of hydrogen-bond acceptors (Lipinski definition) is 5. The SMILES string of the molecule is O=C(NCc1cn(-c2cccnc2)nn1)Nc1ccc2ncccc2c1. The van der Waals surface area contributed by atoms with E-state index in [9.17, 15) is 4.79 Å². The summed E-state index contributed by atoms with van der Waals surface area (Å²) in [6.07, 6.45) is 6.86. The minimum absolute atomic E-state index is 0.265. The molecule has 0 aliphatic rings. The van der Waals surface area contributed by atoms with Gasteiger partial charge in [-0.25, -0.2) is 9.48 Å². The normalized spacial score (nSPS) is 10.6. The van der Waals surface area contributed by atoms with Crippen LogP contribution in [0.25, 0.3) is 16.6 Å². The molecule has 0 unspecified atom stereocenters. The van der Waals surface area contributed by atoms with Crippen LogP contribution in [0.15, 0.2) is 67.3 Å². The molecule has 0 spiro atoms. The van der Waals surface area contributed by atoms with Gasteiger partial charge in [0, 0.05) is 23.5 Å². The predicted octanol–water partition coefficient (Wildman–Crippen LogP) is 2.53. The molecule has 3 aromatic heterocycles. The number of anilines is 1. The van der Waals surface area contributed by atoms with Gasteiger partial charge in [-0.3, -0.25) is 9.97 Å². The molecule has 0 aliphatic heterocycles. The number of fused-ring (bicyclic) bond motifs is 1. The summed E-state index contributed by atoms with van der Waals surface area (Å²) < 4.78 is 1.61. The fourth-order valence-corrected chi connectivity index (χ4v) is 2.49. The van der Waals surface area contributed by atoms with Crippen molar-refractivity contribution in [3.8, 4) is 5.69 Å². The zero-order chi connectivity index (χ0) is 17.8. The lowest BCUT2D eigenvalue weighted by molar-refractivity contribution is 0.251. The number of amides is 2. The van der Waals surface area contributed by atoms with E-state index < -0.39 is 0 Å². The van der Waals surface area contributed by atoms with E-state index in [1.807, 2.05) is 42.5 Å². The van der Waals surface area contributed by atoms with E-state index in [0.29, 0.717) is 11.4 Å². The topological polar surface area (TPSA) is 97.6 Å². The Hall–Kier alpha value is -3.81. The molecule has 0 saturated carbocycles. The van der Waals surface area contributed by atoms with Crippen LogP contribution < -0.4 is 10.6 Å². The first-order valence-electron chi connectivity index (χ1n) is 7.99. The van der Waals surface area contributed by atoms with Gasteiger partial charge in [-0.2, -0.15) is 0 Å². The second-order valence-electron chi connectivity index (χ2n) is 5.58. The molecule has 3 heterocycles. The van der Waals surface area contributed by atoms with Crippen molar-refractivity contribution >= 4 is 22.6 Å². The van der Waals surface area contributed by atoms with Gasteiger partial charge in [-0.05, 0) is 36.4 Å². The van der Waals surface area contributed by atoms with Crippen LogP contribution in [0.3, 0.4) is 0 Å². The molecule has 0 saturated heterocycles. The van der Waals surface area contributed by atoms with Crippen molar-refractivity contribution in [2.45, 2.75) is 6.54 Å². The molecule has 0 radical (unpaired) electrons. The highest BCUT2D eigenvalue weighted by molar-refractivity contribution is 5.92. The van der Waals surface area contributed by atoms with Crippen molar-refractivity contribution in [2.24, 2.45) is 0 Å². The van der Waals surface area contributed by atoms with Gasteiger partial charge in [0.25, 0.3) is 0 Å². The van der Waals surface area contributed by atoms with Crippen LogP contribution in [0.5, 0.6) is 0 Å². The van der Waals surface area contributed by atoms with Crippen LogP contribution in [0.1, 0.15) is 5.69 Å². The van der Waals surface area contributed by atoms with Gasteiger partial charge < -0.3 is 10.6 Å². The van der Waals surface area contributed by atoms with Gasteiger partial charge in [0.05, 0.1) is 30.1 Å². The lowest BCUT2D eigenvalue weighted by Crippen LogP contribution is -2.28. The molecule has 2 N–H and O–H groups in total. The first-order valence-corrected chi connectivity index (χ1v) is 7.99. The second-order valence-corrected chi connectivity index (χ2v) is 5.58. The fourth-order valence-electron chi connectivity index (χ4n) is 2.49. The molecular formula is C18H15N7O. The van der Waals surface area contributed by atoms with Crippen LogP contribution in [0.2, 0.25) is 0 Å². The lowest BCUT2D eigenvalue weighted by Gasteiger charge is -2.07. The van der Waals surface area contributed by atoms with Crippen molar-refractivity contribution in [1.82, 2.24) is 30.3 Å². The quantitative estimate of drug-likeness (QED) is 0.592. The number of aromatic nitrogens is 5. The molecule has 4 aromatic rings. The van der Waals surface area contributed by atoms with E-state index in [-0.39, 0.29) is 12.6 Å². The van der Waals surface area contributed by atoms with Crippen LogP contribution in [0.4, 0.5) is 10.5 Å². The molecule has 2 amide bonds. The van der Waals surface area contributed by atoms with Crippen LogP contribution in [-0.4, -0.2) is 31.0 Å². The number of nitrogens with one attached hydrogen (secondary N) is 2. The molecule has 8 nitrogen and oxygen atoms in total. The Morgan fingerprint density at radius 3 is 2.92 bits per heavy atom. The van der Waals surface area contributed by atoms with E-state index in [1.165, 1.54) is 0 Å². The molecule has 8 heteroatoms. The highest BCUT2D eigenvalue weighted by atomic mass is 16.2. The smallest absolute Gasteiger partial charge is 0.319 e. The van der Waals surface area contributed by atoms with Crippen LogP contribution in [0, 0.1) is 0 Å². The Kier molecular flexibility index (Phi) is 4.21. The Labute approximate surface area is 148 Å². The monoisotopic (exact) mass is 345 g/mol. The third-order valence-electron chi connectivity index (χ3n) is 3.74. The molecular weight excluding hydrogens is 330 g/mol. The van der Waals surface area contributed by atoms with E-state index in [1.54, 1.807) is 29.5 Å². The van der Waals surface area contributed by atoms with Gasteiger partial charge in [-0.1, -0.05) is 11.3 Å². The molecule has 0 aliphatic carbocycles. The first kappa shape index (κ1) is 15.7. The van der Waals surface area contributed by atoms with Crippen molar-refractivity contribution in [1.29, 1.82) is 0 Å². The van der Waals surface area contributed by atoms with E-state index >= 15 is 0 Å². The summed E-state index contributed by atoms with van der Waals surface area (Å²) in [7, 11) is 0. The second kappa shape index (κ2) is 6.98. The summed E-state index contributed by atoms with van der Waals surface area (Å²) in [6, 6.07) is 12.7. The van der Waals surface area contributed by atoms with Gasteiger partial charge in [-0.15, -0.1) is 5.10 Å². The fraction of sp³-hybridized carbons (Fsp3) is 0.0556. The summed E-state index contributed by atoms with van der Waals surface area (Å²) in [5, 5.41) is 14.6. The molecule has 0 fully saturated rings. The first-order chi connectivity index (χ1) is 12.8. The number of carbonyl (C=O) groups excluding carboxylic acids is 1. The molecule has 26 heavy (non-hydrogen) atoms. The zero-order valence-corrected chi connectivity index (χ0v) is 13.7. The minimum atomic E-state index is -0.316. The molecule has 0 bridgehead atoms. The Balaban J connectivity index is 1.37. The Morgan fingerprint density at radius 1 is 1.12 bits per heavy atom. The third kappa shape index (κ3) is 3.48. The average Bonchev–Trinajstić information content (AvgIpc) is 3.16. The maximum Gasteiger partial charge on any atom is 0.319 e. The van der Waals surface area contributed by atoms with E-state index in [2.05, 4.69) is 30.9 Å². The standard InChI is InChI=1S/C18H15N7O/c26-18(22-14-5-6-17-13(9-14)3-1-8-20-17)21-10-15-12-25(24-23-15)16-4-2-7-19-11-16/h1-9,11-12H,10H2,(H2,21,22,26). The Bertz CT molecular complexity index is 1050. The Morgan fingerprint density at radius 2 is 2.04 bits per heavy atom. The summed E-state index contributed by atoms with van der Waals surface area (Å²) in [5.74, 6) is 0. The number of urea groups is 1. The number of pyridine rings is 2. The van der Waals surface area contributed by atoms with Gasteiger partial charge >= 0.3 is 6.03 Å². The number of nitrogens with zero attached hydrogens (tertiary/aromatic N) is 5. The molecule has 1 aromatic carbocycles. The summed E-state index contributed by atoms with van der Waals surface area (Å²) in [6.45, 7) is 0.265. The number of hydrogen-bond donors (Lipinski definition) is 2. The summed E-state index contributed by atoms with van der Waals surface area (Å²) >= 11 is 0. The average molecular weight is 345 g/mol. The number of rotatable bonds is 4. The van der Waals surface area contributed by atoms with E-state index in [4.69, 9.17) is 0 Å². The highest BCUT2D eigenvalue weighted by Crippen LogP contribution is 2.16. The van der Waals surface area contributed by atoms with Crippen molar-refractivity contribution in [3.05, 3.63) is 72.9 Å². The van der Waals surface area contributed by atoms with Crippen molar-refractivity contribution in [2.75, 3.05) is 5.32 Å². The van der Waals surface area contributed by atoms with Crippen molar-refractivity contribution < 1.29 is 4.79 Å². The lowest BCUT2D eigenvalue weighted by atomic mass is 10.2. The van der Waals surface area contributed by atoms with Gasteiger partial charge in [0.15, 0.2) is 0 Å². The number of carbonyl (C=O) groups is 1. The van der Waals surface area contributed by atoms with E-state index in [0.717, 1.165) is 16.6 Å². The highest BCUT2D eigenvalue weighted by Gasteiger charge is 2.06. The third-order valence-corrected chi connectivity index (χ3v) is 3.74. The summed E-state index contributed by atoms with van der Waals surface area (Å²) in [4.78, 5) is 20.4. The minimum Gasteiger partial charge on any atom is -0.332 e. The van der Waals surface area contributed by atoms with Crippen LogP contribution in [-0.2, 0) is 6.54 Å².